The van der Waals surface area contributed by atoms with E-state index in [1.165, 1.54) is 7.11 Å². The number of amides is 1. The van der Waals surface area contributed by atoms with Crippen LogP contribution in [0.25, 0.3) is 0 Å². The zero-order valence-corrected chi connectivity index (χ0v) is 11.7. The second kappa shape index (κ2) is 7.99. The second-order valence-electron chi connectivity index (χ2n) is 4.18. The summed E-state index contributed by atoms with van der Waals surface area (Å²) in [5.74, 6) is -0.0814. The Labute approximate surface area is 118 Å². The lowest BCUT2D eigenvalue weighted by Gasteiger charge is -2.15. The zero-order valence-electron chi connectivity index (χ0n) is 11.7. The van der Waals surface area contributed by atoms with Crippen LogP contribution in [-0.4, -0.2) is 32.1 Å². The Hall–Kier alpha value is -2.30. The first-order chi connectivity index (χ1) is 9.60. The van der Waals surface area contributed by atoms with Gasteiger partial charge in [0, 0.05) is 0 Å². The highest BCUT2D eigenvalue weighted by molar-refractivity contribution is 5.91. The minimum Gasteiger partial charge on any atom is -0.497 e. The van der Waals surface area contributed by atoms with Crippen molar-refractivity contribution in [2.24, 2.45) is 0 Å². The van der Waals surface area contributed by atoms with E-state index in [0.29, 0.717) is 12.8 Å². The Morgan fingerprint density at radius 2 is 1.95 bits per heavy atom. The summed E-state index contributed by atoms with van der Waals surface area (Å²) < 4.78 is 9.75. The first kappa shape index (κ1) is 15.8. The molecule has 1 unspecified atom stereocenters. The summed E-state index contributed by atoms with van der Waals surface area (Å²) in [6.45, 7) is 3.36. The molecule has 0 heterocycles. The van der Waals surface area contributed by atoms with Gasteiger partial charge in [-0.3, -0.25) is 4.79 Å². The molecule has 0 radical (unpaired) electrons. The molecule has 0 aliphatic rings. The lowest BCUT2D eigenvalue weighted by molar-refractivity contribution is -0.144. The Morgan fingerprint density at radius 3 is 2.45 bits per heavy atom. The minimum atomic E-state index is -0.674. The Balaban J connectivity index is 2.62. The van der Waals surface area contributed by atoms with E-state index in [9.17, 15) is 9.59 Å². The molecule has 0 fully saturated rings. The molecule has 0 spiro atoms. The molecule has 1 aromatic carbocycles. The topological polar surface area (TPSA) is 64.6 Å². The van der Waals surface area contributed by atoms with Gasteiger partial charge in [-0.1, -0.05) is 18.7 Å². The first-order valence-corrected chi connectivity index (χ1v) is 6.24. The lowest BCUT2D eigenvalue weighted by Crippen LogP contribution is -2.41. The summed E-state index contributed by atoms with van der Waals surface area (Å²) in [6, 6.07) is 6.87. The third-order valence-electron chi connectivity index (χ3n) is 2.87. The number of methoxy groups -OCH3 is 2. The Bertz CT molecular complexity index is 467. The Kier molecular flexibility index (Phi) is 6.29. The van der Waals surface area contributed by atoms with Crippen molar-refractivity contribution in [1.82, 2.24) is 5.32 Å². The van der Waals surface area contributed by atoms with Crippen molar-refractivity contribution in [3.8, 4) is 5.75 Å². The monoisotopic (exact) mass is 277 g/mol. The summed E-state index contributed by atoms with van der Waals surface area (Å²) in [5, 5.41) is 2.55. The van der Waals surface area contributed by atoms with E-state index in [2.05, 4.69) is 16.6 Å². The fourth-order valence-electron chi connectivity index (χ4n) is 1.73. The molecule has 0 saturated heterocycles. The summed E-state index contributed by atoms with van der Waals surface area (Å²) >= 11 is 0. The number of carbonyl (C=O) groups is 2. The average Bonchev–Trinajstić information content (AvgIpc) is 2.50. The predicted octanol–water partition coefficient (Wildman–Crippen LogP) is 1.47. The van der Waals surface area contributed by atoms with Crippen LogP contribution in [0, 0.1) is 0 Å². The molecule has 1 N–H and O–H groups in total. The molecule has 0 bridgehead atoms. The molecule has 0 aliphatic carbocycles. The molecule has 5 heteroatoms. The first-order valence-electron chi connectivity index (χ1n) is 6.24. The van der Waals surface area contributed by atoms with Crippen molar-refractivity contribution < 1.29 is 19.1 Å². The third kappa shape index (κ3) is 4.76. The van der Waals surface area contributed by atoms with Crippen molar-refractivity contribution in [1.29, 1.82) is 0 Å². The molecule has 5 nitrogen and oxygen atoms in total. The molecular formula is C15H19NO4. The minimum absolute atomic E-state index is 0.393. The van der Waals surface area contributed by atoms with E-state index >= 15 is 0 Å². The lowest BCUT2D eigenvalue weighted by atomic mass is 10.0. The maximum Gasteiger partial charge on any atom is 0.328 e. The van der Waals surface area contributed by atoms with Gasteiger partial charge in [-0.05, 0) is 36.6 Å². The van der Waals surface area contributed by atoms with Crippen LogP contribution in [0.1, 0.15) is 12.0 Å². The number of aryl methyl sites for hydroxylation is 1. The van der Waals surface area contributed by atoms with Crippen molar-refractivity contribution in [3.63, 3.8) is 0 Å². The van der Waals surface area contributed by atoms with Crippen molar-refractivity contribution in [3.05, 3.63) is 42.5 Å². The number of esters is 1. The van der Waals surface area contributed by atoms with Crippen molar-refractivity contribution in [2.75, 3.05) is 14.2 Å². The van der Waals surface area contributed by atoms with Gasteiger partial charge in [-0.15, -0.1) is 0 Å². The number of benzene rings is 1. The third-order valence-corrected chi connectivity index (χ3v) is 2.87. The smallest absolute Gasteiger partial charge is 0.328 e. The van der Waals surface area contributed by atoms with Gasteiger partial charge in [0.15, 0.2) is 0 Å². The van der Waals surface area contributed by atoms with Crippen LogP contribution < -0.4 is 10.1 Å². The van der Waals surface area contributed by atoms with Crippen LogP contribution in [0.3, 0.4) is 0 Å². The molecule has 1 amide bonds. The maximum absolute atomic E-state index is 11.6. The van der Waals surface area contributed by atoms with Gasteiger partial charge >= 0.3 is 5.97 Å². The summed E-state index contributed by atoms with van der Waals surface area (Å²) in [5.41, 5.74) is 1.05. The molecule has 0 saturated carbocycles. The number of nitrogens with one attached hydrogen (secondary N) is 1. The number of hydrogen-bond donors (Lipinski definition) is 1. The maximum atomic E-state index is 11.6. The van der Waals surface area contributed by atoms with E-state index in [1.807, 2.05) is 24.3 Å². The number of ether oxygens (including phenoxy) is 2. The predicted molar refractivity (Wildman–Crippen MR) is 75.5 cm³/mol. The average molecular weight is 277 g/mol. The van der Waals surface area contributed by atoms with E-state index < -0.39 is 17.9 Å². The van der Waals surface area contributed by atoms with Gasteiger partial charge in [0.1, 0.15) is 11.8 Å². The van der Waals surface area contributed by atoms with Gasteiger partial charge in [0.25, 0.3) is 0 Å². The van der Waals surface area contributed by atoms with E-state index in [0.717, 1.165) is 17.4 Å². The highest BCUT2D eigenvalue weighted by atomic mass is 16.5. The fraction of sp³-hybridized carbons (Fsp3) is 0.333. The number of rotatable bonds is 7. The van der Waals surface area contributed by atoms with Gasteiger partial charge in [-0.2, -0.15) is 0 Å². The van der Waals surface area contributed by atoms with Crippen LogP contribution in [-0.2, 0) is 20.7 Å². The van der Waals surface area contributed by atoms with Crippen LogP contribution in [0.2, 0.25) is 0 Å². The molecule has 0 aliphatic heterocycles. The van der Waals surface area contributed by atoms with E-state index in [-0.39, 0.29) is 0 Å². The highest BCUT2D eigenvalue weighted by Gasteiger charge is 2.20. The van der Waals surface area contributed by atoms with Gasteiger partial charge in [0.05, 0.1) is 14.2 Å². The highest BCUT2D eigenvalue weighted by Crippen LogP contribution is 2.13. The summed E-state index contributed by atoms with van der Waals surface area (Å²) in [7, 11) is 2.90. The molecule has 0 aromatic heterocycles. The largest absolute Gasteiger partial charge is 0.497 e. The van der Waals surface area contributed by atoms with E-state index in [1.54, 1.807) is 7.11 Å². The fourth-order valence-corrected chi connectivity index (χ4v) is 1.73. The molecule has 1 rings (SSSR count). The Morgan fingerprint density at radius 1 is 1.30 bits per heavy atom. The van der Waals surface area contributed by atoms with Crippen LogP contribution in [0.15, 0.2) is 36.9 Å². The van der Waals surface area contributed by atoms with Crippen molar-refractivity contribution in [2.45, 2.75) is 18.9 Å². The molecule has 20 heavy (non-hydrogen) atoms. The molecule has 1 aromatic rings. The molecule has 1 atom stereocenters. The van der Waals surface area contributed by atoms with Gasteiger partial charge in [0.2, 0.25) is 5.91 Å². The van der Waals surface area contributed by atoms with Crippen LogP contribution >= 0.6 is 0 Å². The molecular weight excluding hydrogens is 258 g/mol. The van der Waals surface area contributed by atoms with Crippen LogP contribution in [0.4, 0.5) is 0 Å². The normalized spacial score (nSPS) is 11.3. The standard InChI is InChI=1S/C15H19NO4/c1-4-14(17)16-13(15(18)20-3)10-7-11-5-8-12(19-2)9-6-11/h4-6,8-9,13H,1,7,10H2,2-3H3,(H,16,17). The van der Waals surface area contributed by atoms with Crippen molar-refractivity contribution >= 4 is 11.9 Å². The van der Waals surface area contributed by atoms with E-state index in [4.69, 9.17) is 4.74 Å². The second-order valence-corrected chi connectivity index (χ2v) is 4.18. The quantitative estimate of drug-likeness (QED) is 0.605. The zero-order chi connectivity index (χ0) is 15.0. The van der Waals surface area contributed by atoms with Gasteiger partial charge < -0.3 is 14.8 Å². The summed E-state index contributed by atoms with van der Waals surface area (Å²) in [6.07, 6.45) is 2.23. The van der Waals surface area contributed by atoms with Gasteiger partial charge in [-0.25, -0.2) is 4.79 Å². The number of hydrogen-bond acceptors (Lipinski definition) is 4. The SMILES string of the molecule is C=CC(=O)NC(CCc1ccc(OC)cc1)C(=O)OC. The number of carbonyl (C=O) groups excluding carboxylic acids is 2. The molecule has 108 valence electrons. The summed E-state index contributed by atoms with van der Waals surface area (Å²) in [4.78, 5) is 22.9. The van der Waals surface area contributed by atoms with Crippen LogP contribution in [0.5, 0.6) is 5.75 Å².